The van der Waals surface area contributed by atoms with Gasteiger partial charge in [0, 0.05) is 13.1 Å². The van der Waals surface area contributed by atoms with Crippen LogP contribution in [0.4, 0.5) is 0 Å². The molecule has 3 aromatic rings. The summed E-state index contributed by atoms with van der Waals surface area (Å²) in [6, 6.07) is 15.4. The first kappa shape index (κ1) is 24.0. The normalized spacial score (nSPS) is 11.2. The molecule has 170 valence electrons. The Kier molecular flexibility index (Phi) is 8.88. The summed E-state index contributed by atoms with van der Waals surface area (Å²) in [5.74, 6) is 0.141. The number of rotatable bonds is 11. The van der Waals surface area contributed by atoms with Crippen LogP contribution in [0.15, 0.2) is 58.5 Å². The number of carbonyl (C=O) groups excluding carboxylic acids is 1. The summed E-state index contributed by atoms with van der Waals surface area (Å²) in [6.45, 7) is 10.3. The summed E-state index contributed by atoms with van der Waals surface area (Å²) in [5, 5.41) is 4.18. The van der Waals surface area contributed by atoms with E-state index in [4.69, 9.17) is 4.98 Å². The van der Waals surface area contributed by atoms with E-state index in [1.165, 1.54) is 11.8 Å². The van der Waals surface area contributed by atoms with Crippen LogP contribution in [-0.2, 0) is 17.9 Å². The second kappa shape index (κ2) is 11.8. The van der Waals surface area contributed by atoms with Gasteiger partial charge in [0.05, 0.1) is 16.7 Å². The molecule has 3 rings (SSSR count). The van der Waals surface area contributed by atoms with Crippen molar-refractivity contribution in [3.05, 3.63) is 70.0 Å². The molecule has 1 amide bonds. The second-order valence-electron chi connectivity index (χ2n) is 7.74. The van der Waals surface area contributed by atoms with E-state index >= 15 is 0 Å². The summed E-state index contributed by atoms with van der Waals surface area (Å²) in [5.41, 5.74) is 2.87. The third kappa shape index (κ3) is 6.20. The van der Waals surface area contributed by atoms with E-state index in [0.29, 0.717) is 29.1 Å². The zero-order valence-electron chi connectivity index (χ0n) is 19.1. The Balaban J connectivity index is 1.71. The summed E-state index contributed by atoms with van der Waals surface area (Å²) in [6.07, 6.45) is 0.856. The topological polar surface area (TPSA) is 67.2 Å². The van der Waals surface area contributed by atoms with Gasteiger partial charge in [-0.15, -0.1) is 0 Å². The molecule has 0 bridgehead atoms. The lowest BCUT2D eigenvalue weighted by Gasteiger charge is -2.19. The lowest BCUT2D eigenvalue weighted by molar-refractivity contribution is -0.118. The fourth-order valence-electron chi connectivity index (χ4n) is 3.63. The number of fused-ring (bicyclic) bond motifs is 1. The molecule has 0 aliphatic rings. The van der Waals surface area contributed by atoms with Gasteiger partial charge < -0.3 is 10.2 Å². The number of aromatic nitrogens is 2. The minimum absolute atomic E-state index is 0.0436. The Labute approximate surface area is 194 Å². The number of thioether (sulfide) groups is 1. The minimum Gasteiger partial charge on any atom is -0.351 e. The summed E-state index contributed by atoms with van der Waals surface area (Å²) < 4.78 is 1.73. The van der Waals surface area contributed by atoms with Crippen LogP contribution in [0.2, 0.25) is 0 Å². The average molecular weight is 453 g/mol. The first-order valence-corrected chi connectivity index (χ1v) is 12.2. The number of para-hydroxylation sites is 1. The van der Waals surface area contributed by atoms with Gasteiger partial charge in [-0.1, -0.05) is 62.0 Å². The minimum atomic E-state index is -0.0737. The van der Waals surface area contributed by atoms with Crippen molar-refractivity contribution < 1.29 is 4.79 Å². The zero-order valence-corrected chi connectivity index (χ0v) is 20.0. The highest BCUT2D eigenvalue weighted by Crippen LogP contribution is 2.18. The Hall–Kier alpha value is -2.64. The van der Waals surface area contributed by atoms with Crippen molar-refractivity contribution in [3.8, 4) is 0 Å². The van der Waals surface area contributed by atoms with Crippen molar-refractivity contribution in [2.75, 3.05) is 25.4 Å². The van der Waals surface area contributed by atoms with E-state index in [1.807, 2.05) is 55.5 Å². The SMILES string of the molecule is CCN(CC)CCCn1c(SCC(=O)NCc2ccccc2C)nc2ccccc2c1=O. The standard InChI is InChI=1S/C25H32N4O2S/c1-4-28(5-2)15-10-16-29-24(31)21-13-8-9-14-22(21)27-25(29)32-18-23(30)26-17-20-12-7-6-11-19(20)3/h6-9,11-14H,4-5,10,15-18H2,1-3H3,(H,26,30). The largest absolute Gasteiger partial charge is 0.351 e. The molecule has 0 spiro atoms. The third-order valence-corrected chi connectivity index (χ3v) is 6.62. The lowest BCUT2D eigenvalue weighted by Crippen LogP contribution is -2.29. The average Bonchev–Trinajstić information content (AvgIpc) is 2.81. The highest BCUT2D eigenvalue weighted by Gasteiger charge is 2.14. The summed E-state index contributed by atoms with van der Waals surface area (Å²) >= 11 is 1.32. The van der Waals surface area contributed by atoms with Gasteiger partial charge in [-0.05, 0) is 56.2 Å². The zero-order chi connectivity index (χ0) is 22.9. The predicted octanol–water partition coefficient (Wildman–Crippen LogP) is 3.85. The van der Waals surface area contributed by atoms with E-state index in [9.17, 15) is 9.59 Å². The van der Waals surface area contributed by atoms with Gasteiger partial charge >= 0.3 is 0 Å². The number of hydrogen-bond acceptors (Lipinski definition) is 5. The van der Waals surface area contributed by atoms with E-state index < -0.39 is 0 Å². The van der Waals surface area contributed by atoms with Crippen LogP contribution in [0, 0.1) is 6.92 Å². The quantitative estimate of drug-likeness (QED) is 0.354. The van der Waals surface area contributed by atoms with E-state index in [1.54, 1.807) is 4.57 Å². The third-order valence-electron chi connectivity index (χ3n) is 5.65. The number of nitrogens with one attached hydrogen (secondary N) is 1. The van der Waals surface area contributed by atoms with Gasteiger partial charge in [0.1, 0.15) is 0 Å². The fraction of sp³-hybridized carbons (Fsp3) is 0.400. The maximum Gasteiger partial charge on any atom is 0.262 e. The van der Waals surface area contributed by atoms with Gasteiger partial charge in [0.15, 0.2) is 5.16 Å². The van der Waals surface area contributed by atoms with Gasteiger partial charge in [-0.25, -0.2) is 4.98 Å². The molecule has 0 fully saturated rings. The number of aryl methyl sites for hydroxylation is 1. The van der Waals surface area contributed by atoms with Crippen LogP contribution in [0.5, 0.6) is 0 Å². The Morgan fingerprint density at radius 2 is 1.81 bits per heavy atom. The van der Waals surface area contributed by atoms with E-state index in [-0.39, 0.29) is 17.2 Å². The Morgan fingerprint density at radius 3 is 2.56 bits per heavy atom. The van der Waals surface area contributed by atoms with Crippen molar-refractivity contribution in [3.63, 3.8) is 0 Å². The van der Waals surface area contributed by atoms with Crippen molar-refractivity contribution in [2.45, 2.75) is 45.4 Å². The van der Waals surface area contributed by atoms with Crippen molar-refractivity contribution in [1.29, 1.82) is 0 Å². The molecule has 1 N–H and O–H groups in total. The number of amides is 1. The molecule has 6 nitrogen and oxygen atoms in total. The molecule has 0 atom stereocenters. The molecule has 0 aliphatic heterocycles. The smallest absolute Gasteiger partial charge is 0.262 e. The molecule has 1 aromatic heterocycles. The molecule has 2 aromatic carbocycles. The predicted molar refractivity (Wildman–Crippen MR) is 132 cm³/mol. The van der Waals surface area contributed by atoms with Gasteiger partial charge in [0.2, 0.25) is 5.91 Å². The molecule has 0 unspecified atom stereocenters. The summed E-state index contributed by atoms with van der Waals surface area (Å²) in [4.78, 5) is 32.7. The molecular formula is C25H32N4O2S. The number of benzene rings is 2. The maximum atomic E-state index is 13.2. The molecule has 0 saturated carbocycles. The first-order valence-electron chi connectivity index (χ1n) is 11.2. The maximum absolute atomic E-state index is 13.2. The molecule has 0 radical (unpaired) electrons. The molecule has 7 heteroatoms. The van der Waals surface area contributed by atoms with Crippen LogP contribution in [0.25, 0.3) is 10.9 Å². The van der Waals surface area contributed by atoms with Crippen molar-refractivity contribution >= 4 is 28.6 Å². The van der Waals surface area contributed by atoms with E-state index in [2.05, 4.69) is 24.1 Å². The molecule has 1 heterocycles. The fourth-order valence-corrected chi connectivity index (χ4v) is 4.49. The van der Waals surface area contributed by atoms with Crippen molar-refractivity contribution in [1.82, 2.24) is 19.8 Å². The lowest BCUT2D eigenvalue weighted by atomic mass is 10.1. The highest BCUT2D eigenvalue weighted by molar-refractivity contribution is 7.99. The first-order chi connectivity index (χ1) is 15.5. The molecule has 0 aliphatic carbocycles. The molecular weight excluding hydrogens is 420 g/mol. The van der Waals surface area contributed by atoms with Gasteiger partial charge in [-0.2, -0.15) is 0 Å². The van der Waals surface area contributed by atoms with Crippen LogP contribution in [-0.4, -0.2) is 45.7 Å². The number of carbonyl (C=O) groups is 1. The van der Waals surface area contributed by atoms with Crippen LogP contribution >= 0.6 is 11.8 Å². The number of hydrogen-bond donors (Lipinski definition) is 1. The Bertz CT molecular complexity index is 1110. The van der Waals surface area contributed by atoms with Crippen molar-refractivity contribution in [2.24, 2.45) is 0 Å². The summed E-state index contributed by atoms with van der Waals surface area (Å²) in [7, 11) is 0. The van der Waals surface area contributed by atoms with Crippen LogP contribution in [0.3, 0.4) is 0 Å². The number of nitrogens with zero attached hydrogens (tertiary/aromatic N) is 3. The van der Waals surface area contributed by atoms with E-state index in [0.717, 1.165) is 37.2 Å². The second-order valence-corrected chi connectivity index (χ2v) is 8.68. The molecule has 0 saturated heterocycles. The van der Waals surface area contributed by atoms with Gasteiger partial charge in [-0.3, -0.25) is 14.2 Å². The highest BCUT2D eigenvalue weighted by atomic mass is 32.2. The van der Waals surface area contributed by atoms with Crippen LogP contribution < -0.4 is 10.9 Å². The molecule has 32 heavy (non-hydrogen) atoms. The van der Waals surface area contributed by atoms with Gasteiger partial charge in [0.25, 0.3) is 5.56 Å². The van der Waals surface area contributed by atoms with Crippen LogP contribution in [0.1, 0.15) is 31.4 Å². The Morgan fingerprint density at radius 1 is 1.09 bits per heavy atom. The monoisotopic (exact) mass is 452 g/mol.